The normalized spacial score (nSPS) is 11.0. The molecule has 0 aromatic heterocycles. The Labute approximate surface area is 144 Å². The number of hydrogen-bond acceptors (Lipinski definition) is 1. The molecule has 0 fully saturated rings. The van der Waals surface area contributed by atoms with Gasteiger partial charge in [-0.3, -0.25) is 4.79 Å². The van der Waals surface area contributed by atoms with Gasteiger partial charge in [0.25, 0.3) is 0 Å². The maximum absolute atomic E-state index is 11.4. The fourth-order valence-corrected chi connectivity index (χ4v) is 2.63. The number of hydrogen-bond donors (Lipinski definition) is 1. The molecular weight excluding hydrogens is 282 g/mol. The number of carbonyl (C=O) groups excluding carboxylic acids is 1. The average molecular weight is 322 g/mol. The molecule has 0 saturated carbocycles. The molecule has 0 atom stereocenters. The topological polar surface area (TPSA) is 29.1 Å². The maximum Gasteiger partial charge on any atom is 0.220 e. The summed E-state index contributed by atoms with van der Waals surface area (Å²) in [4.78, 5) is 11.4. The van der Waals surface area contributed by atoms with Gasteiger partial charge in [-0.05, 0) is 32.1 Å². The van der Waals surface area contributed by atoms with Crippen LogP contribution in [0.15, 0.2) is 24.8 Å². The van der Waals surface area contributed by atoms with Crippen LogP contribution in [0.2, 0.25) is 0 Å². The van der Waals surface area contributed by atoms with Crippen LogP contribution in [-0.2, 0) is 4.79 Å². The number of unbranched alkanes of at least 4 members (excludes halogenated alkanes) is 11. The third-order valence-electron chi connectivity index (χ3n) is 4.11. The standard InChI is InChI=1S/C21H39NO/c1-3-5-6-7-8-9-10-11-12-13-14-15-16-17-18-19-21(23)22-20-4-2/h4,11-12H,2-3,5-10,13-20H2,1H3,(H,22,23)/b12-11+. The van der Waals surface area contributed by atoms with Gasteiger partial charge in [-0.1, -0.05) is 76.5 Å². The molecule has 2 nitrogen and oxygen atoms in total. The largest absolute Gasteiger partial charge is 0.353 e. The van der Waals surface area contributed by atoms with Crippen molar-refractivity contribution in [2.75, 3.05) is 6.54 Å². The number of rotatable bonds is 17. The van der Waals surface area contributed by atoms with E-state index in [-0.39, 0.29) is 5.91 Å². The molecule has 0 aliphatic carbocycles. The van der Waals surface area contributed by atoms with Crippen molar-refractivity contribution in [3.05, 3.63) is 24.8 Å². The predicted octanol–water partition coefficient (Wildman–Crippen LogP) is 6.33. The first-order chi connectivity index (χ1) is 11.3. The van der Waals surface area contributed by atoms with Crippen LogP contribution in [0.4, 0.5) is 0 Å². The van der Waals surface area contributed by atoms with Crippen LogP contribution in [0.1, 0.15) is 96.8 Å². The van der Waals surface area contributed by atoms with Crippen LogP contribution >= 0.6 is 0 Å². The molecule has 2 heteroatoms. The van der Waals surface area contributed by atoms with E-state index in [0.29, 0.717) is 13.0 Å². The third-order valence-corrected chi connectivity index (χ3v) is 4.11. The molecule has 0 aliphatic rings. The second-order valence-electron chi connectivity index (χ2n) is 6.43. The molecule has 0 bridgehead atoms. The Kier molecular flexibility index (Phi) is 18.1. The summed E-state index contributed by atoms with van der Waals surface area (Å²) in [5.41, 5.74) is 0. The minimum Gasteiger partial charge on any atom is -0.353 e. The highest BCUT2D eigenvalue weighted by atomic mass is 16.1. The van der Waals surface area contributed by atoms with Crippen molar-refractivity contribution in [2.45, 2.75) is 96.8 Å². The molecule has 0 aromatic rings. The fourth-order valence-electron chi connectivity index (χ4n) is 2.63. The van der Waals surface area contributed by atoms with Crippen LogP contribution < -0.4 is 5.32 Å². The minimum absolute atomic E-state index is 0.155. The number of nitrogens with one attached hydrogen (secondary N) is 1. The molecule has 0 radical (unpaired) electrons. The van der Waals surface area contributed by atoms with Gasteiger partial charge in [0.05, 0.1) is 0 Å². The van der Waals surface area contributed by atoms with Gasteiger partial charge in [0.1, 0.15) is 0 Å². The third kappa shape index (κ3) is 18.9. The molecule has 1 amide bonds. The Hall–Kier alpha value is -1.05. The van der Waals surface area contributed by atoms with E-state index in [4.69, 9.17) is 0 Å². The SMILES string of the molecule is C=CCNC(=O)CCCCCCC/C=C/CCCCCCCC. The smallest absolute Gasteiger partial charge is 0.220 e. The highest BCUT2D eigenvalue weighted by molar-refractivity contribution is 5.75. The molecule has 0 heterocycles. The Morgan fingerprint density at radius 1 is 0.826 bits per heavy atom. The van der Waals surface area contributed by atoms with Crippen LogP contribution in [0.5, 0.6) is 0 Å². The quantitative estimate of drug-likeness (QED) is 0.246. The fraction of sp³-hybridized carbons (Fsp3) is 0.762. The first-order valence-electron chi connectivity index (χ1n) is 9.83. The maximum atomic E-state index is 11.4. The van der Waals surface area contributed by atoms with Crippen molar-refractivity contribution in [1.82, 2.24) is 5.32 Å². The molecule has 134 valence electrons. The summed E-state index contributed by atoms with van der Waals surface area (Å²) in [5, 5.41) is 2.82. The van der Waals surface area contributed by atoms with Gasteiger partial charge in [-0.15, -0.1) is 6.58 Å². The van der Waals surface area contributed by atoms with E-state index in [1.54, 1.807) is 6.08 Å². The van der Waals surface area contributed by atoms with Crippen LogP contribution in [0.25, 0.3) is 0 Å². The Balaban J connectivity index is 3.16. The molecule has 0 rings (SSSR count). The number of amides is 1. The zero-order chi connectivity index (χ0) is 17.0. The van der Waals surface area contributed by atoms with E-state index in [1.807, 2.05) is 0 Å². The second kappa shape index (κ2) is 19.0. The monoisotopic (exact) mass is 321 g/mol. The summed E-state index contributed by atoms with van der Waals surface area (Å²) in [5.74, 6) is 0.155. The second-order valence-corrected chi connectivity index (χ2v) is 6.43. The zero-order valence-corrected chi connectivity index (χ0v) is 15.5. The van der Waals surface area contributed by atoms with E-state index >= 15 is 0 Å². The highest BCUT2D eigenvalue weighted by Gasteiger charge is 1.98. The average Bonchev–Trinajstić information content (AvgIpc) is 2.56. The predicted molar refractivity (Wildman–Crippen MR) is 103 cm³/mol. The lowest BCUT2D eigenvalue weighted by molar-refractivity contribution is -0.121. The molecule has 0 unspecified atom stereocenters. The Bertz CT molecular complexity index is 296. The summed E-state index contributed by atoms with van der Waals surface area (Å²) in [6, 6.07) is 0. The van der Waals surface area contributed by atoms with Gasteiger partial charge in [0.2, 0.25) is 5.91 Å². The lowest BCUT2D eigenvalue weighted by Gasteiger charge is -2.02. The van der Waals surface area contributed by atoms with Gasteiger partial charge in [-0.25, -0.2) is 0 Å². The van der Waals surface area contributed by atoms with Crippen molar-refractivity contribution < 1.29 is 4.79 Å². The first kappa shape index (κ1) is 21.9. The Morgan fingerprint density at radius 2 is 1.35 bits per heavy atom. The van der Waals surface area contributed by atoms with Crippen molar-refractivity contribution >= 4 is 5.91 Å². The van der Waals surface area contributed by atoms with E-state index in [1.165, 1.54) is 77.0 Å². The Morgan fingerprint density at radius 3 is 1.91 bits per heavy atom. The lowest BCUT2D eigenvalue weighted by Crippen LogP contribution is -2.22. The van der Waals surface area contributed by atoms with Gasteiger partial charge < -0.3 is 5.32 Å². The summed E-state index contributed by atoms with van der Waals surface area (Å²) >= 11 is 0. The molecular formula is C21H39NO. The lowest BCUT2D eigenvalue weighted by atomic mass is 10.1. The summed E-state index contributed by atoms with van der Waals surface area (Å²) in [6.07, 6.45) is 23.9. The molecule has 0 aromatic carbocycles. The number of allylic oxidation sites excluding steroid dienone is 2. The van der Waals surface area contributed by atoms with E-state index in [2.05, 4.69) is 31.0 Å². The molecule has 0 spiro atoms. The summed E-state index contributed by atoms with van der Waals surface area (Å²) < 4.78 is 0. The summed E-state index contributed by atoms with van der Waals surface area (Å²) in [7, 11) is 0. The molecule has 0 saturated heterocycles. The summed E-state index contributed by atoms with van der Waals surface area (Å²) in [6.45, 7) is 6.44. The van der Waals surface area contributed by atoms with E-state index in [9.17, 15) is 4.79 Å². The highest BCUT2D eigenvalue weighted by Crippen LogP contribution is 2.09. The van der Waals surface area contributed by atoms with E-state index < -0.39 is 0 Å². The molecule has 23 heavy (non-hydrogen) atoms. The van der Waals surface area contributed by atoms with Crippen molar-refractivity contribution in [3.8, 4) is 0 Å². The van der Waals surface area contributed by atoms with Gasteiger partial charge in [0, 0.05) is 13.0 Å². The molecule has 0 aliphatic heterocycles. The van der Waals surface area contributed by atoms with Crippen molar-refractivity contribution in [3.63, 3.8) is 0 Å². The molecule has 1 N–H and O–H groups in total. The van der Waals surface area contributed by atoms with Crippen LogP contribution in [-0.4, -0.2) is 12.5 Å². The van der Waals surface area contributed by atoms with Crippen molar-refractivity contribution in [2.24, 2.45) is 0 Å². The van der Waals surface area contributed by atoms with Crippen LogP contribution in [0, 0.1) is 0 Å². The van der Waals surface area contributed by atoms with E-state index in [0.717, 1.165) is 6.42 Å². The van der Waals surface area contributed by atoms with Crippen LogP contribution in [0.3, 0.4) is 0 Å². The first-order valence-corrected chi connectivity index (χ1v) is 9.83. The van der Waals surface area contributed by atoms with Gasteiger partial charge >= 0.3 is 0 Å². The minimum atomic E-state index is 0.155. The van der Waals surface area contributed by atoms with Crippen molar-refractivity contribution in [1.29, 1.82) is 0 Å². The zero-order valence-electron chi connectivity index (χ0n) is 15.5. The van der Waals surface area contributed by atoms with Gasteiger partial charge in [0.15, 0.2) is 0 Å². The van der Waals surface area contributed by atoms with Gasteiger partial charge in [-0.2, -0.15) is 0 Å². The number of carbonyl (C=O) groups is 1.